The van der Waals surface area contributed by atoms with Gasteiger partial charge in [0.05, 0.1) is 23.7 Å². The average Bonchev–Trinajstić information content (AvgIpc) is 2.87. The quantitative estimate of drug-likeness (QED) is 0.666. The smallest absolute Gasteiger partial charge is 0.310 e. The van der Waals surface area contributed by atoms with Gasteiger partial charge in [-0.05, 0) is 18.6 Å². The van der Waals surface area contributed by atoms with Crippen LogP contribution in [-0.4, -0.2) is 38.9 Å². The van der Waals surface area contributed by atoms with Crippen molar-refractivity contribution in [1.82, 2.24) is 4.31 Å². The molecule has 1 fully saturated rings. The number of nitrogens with zero attached hydrogens (tertiary/aromatic N) is 1. The first kappa shape index (κ1) is 15.1. The van der Waals surface area contributed by atoms with Crippen LogP contribution in [-0.2, 0) is 19.6 Å². The van der Waals surface area contributed by atoms with Crippen molar-refractivity contribution < 1.29 is 17.9 Å². The maximum Gasteiger partial charge on any atom is 0.310 e. The van der Waals surface area contributed by atoms with Crippen LogP contribution in [0.2, 0.25) is 5.02 Å². The number of methoxy groups -OCH3 is 1. The third kappa shape index (κ3) is 2.61. The van der Waals surface area contributed by atoms with Crippen molar-refractivity contribution in [2.24, 2.45) is 5.92 Å². The second kappa shape index (κ2) is 5.59. The van der Waals surface area contributed by atoms with Gasteiger partial charge in [-0.15, -0.1) is 0 Å². The maximum atomic E-state index is 12.5. The van der Waals surface area contributed by atoms with E-state index in [1.807, 2.05) is 0 Å². The first-order chi connectivity index (χ1) is 9.37. The van der Waals surface area contributed by atoms with Crippen molar-refractivity contribution in [2.45, 2.75) is 11.3 Å². The first-order valence-corrected chi connectivity index (χ1v) is 7.81. The van der Waals surface area contributed by atoms with Gasteiger partial charge in [0, 0.05) is 13.1 Å². The standard InChI is InChI=1S/C12H15ClN2O4S/c1-19-12(16)8-5-6-15(7-8)20(17,18)11-9(13)3-2-4-10(11)14/h2-4,8H,5-7,14H2,1H3. The lowest BCUT2D eigenvalue weighted by Gasteiger charge is -2.18. The maximum absolute atomic E-state index is 12.5. The summed E-state index contributed by atoms with van der Waals surface area (Å²) in [6.45, 7) is 0.326. The van der Waals surface area contributed by atoms with Crippen molar-refractivity contribution in [3.8, 4) is 0 Å². The van der Waals surface area contributed by atoms with Gasteiger partial charge >= 0.3 is 5.97 Å². The minimum absolute atomic E-state index is 0.0755. The van der Waals surface area contributed by atoms with Gasteiger partial charge in [-0.2, -0.15) is 4.31 Å². The van der Waals surface area contributed by atoms with E-state index in [0.717, 1.165) is 0 Å². The van der Waals surface area contributed by atoms with E-state index in [0.29, 0.717) is 6.42 Å². The molecule has 1 aliphatic rings. The minimum Gasteiger partial charge on any atom is -0.469 e. The van der Waals surface area contributed by atoms with Crippen molar-refractivity contribution in [1.29, 1.82) is 0 Å². The highest BCUT2D eigenvalue weighted by atomic mass is 35.5. The third-order valence-corrected chi connectivity index (χ3v) is 5.69. The number of hydrogen-bond donors (Lipinski definition) is 1. The van der Waals surface area contributed by atoms with Crippen LogP contribution in [0.5, 0.6) is 0 Å². The van der Waals surface area contributed by atoms with Gasteiger partial charge in [0.1, 0.15) is 4.90 Å². The van der Waals surface area contributed by atoms with Crippen molar-refractivity contribution >= 4 is 33.3 Å². The Morgan fingerprint density at radius 2 is 2.20 bits per heavy atom. The van der Waals surface area contributed by atoms with E-state index in [-0.39, 0.29) is 28.7 Å². The van der Waals surface area contributed by atoms with E-state index >= 15 is 0 Å². The summed E-state index contributed by atoms with van der Waals surface area (Å²) in [5.74, 6) is -0.853. The summed E-state index contributed by atoms with van der Waals surface area (Å²) >= 11 is 5.94. The summed E-state index contributed by atoms with van der Waals surface area (Å²) in [6, 6.07) is 4.53. The van der Waals surface area contributed by atoms with Crippen LogP contribution >= 0.6 is 11.6 Å². The Bertz CT molecular complexity index is 612. The Kier molecular flexibility index (Phi) is 4.22. The zero-order valence-corrected chi connectivity index (χ0v) is 12.4. The molecule has 6 nitrogen and oxygen atoms in total. The van der Waals surface area contributed by atoms with Crippen LogP contribution in [0.25, 0.3) is 0 Å². The zero-order valence-electron chi connectivity index (χ0n) is 10.9. The number of nitrogens with two attached hydrogens (primary N) is 1. The van der Waals surface area contributed by atoms with Crippen LogP contribution in [0.1, 0.15) is 6.42 Å². The summed E-state index contributed by atoms with van der Waals surface area (Å²) in [7, 11) is -2.52. The monoisotopic (exact) mass is 318 g/mol. The van der Waals surface area contributed by atoms with Gasteiger partial charge in [-0.3, -0.25) is 4.79 Å². The first-order valence-electron chi connectivity index (χ1n) is 6.00. The van der Waals surface area contributed by atoms with Crippen LogP contribution in [0.3, 0.4) is 0 Å². The third-order valence-electron chi connectivity index (χ3n) is 3.28. The molecule has 1 unspecified atom stereocenters. The highest BCUT2D eigenvalue weighted by molar-refractivity contribution is 7.89. The Balaban J connectivity index is 2.31. The molecular formula is C12H15ClN2O4S. The fourth-order valence-electron chi connectivity index (χ4n) is 2.23. The summed E-state index contributed by atoms with van der Waals surface area (Å²) in [4.78, 5) is 11.4. The van der Waals surface area contributed by atoms with Gasteiger partial charge < -0.3 is 10.5 Å². The number of nitrogen functional groups attached to an aromatic ring is 1. The summed E-state index contributed by atoms with van der Waals surface area (Å²) in [6.07, 6.45) is 0.427. The number of carbonyl (C=O) groups is 1. The predicted molar refractivity (Wildman–Crippen MR) is 74.7 cm³/mol. The van der Waals surface area contributed by atoms with Crippen molar-refractivity contribution in [3.05, 3.63) is 23.2 Å². The second-order valence-corrected chi connectivity index (χ2v) is 6.81. The molecule has 20 heavy (non-hydrogen) atoms. The SMILES string of the molecule is COC(=O)C1CCN(S(=O)(=O)c2c(N)cccc2Cl)C1. The minimum atomic E-state index is -3.81. The van der Waals surface area contributed by atoms with Gasteiger partial charge in [0.25, 0.3) is 0 Å². The number of rotatable bonds is 3. The summed E-state index contributed by atoms with van der Waals surface area (Å²) in [5.41, 5.74) is 5.81. The normalized spacial score (nSPS) is 20.0. The largest absolute Gasteiger partial charge is 0.469 e. The number of benzene rings is 1. The number of ether oxygens (including phenoxy) is 1. The lowest BCUT2D eigenvalue weighted by Crippen LogP contribution is -2.31. The molecule has 0 amide bonds. The predicted octanol–water partition coefficient (Wildman–Crippen LogP) is 1.11. The molecule has 1 saturated heterocycles. The molecular weight excluding hydrogens is 304 g/mol. The lowest BCUT2D eigenvalue weighted by molar-refractivity contribution is -0.144. The van der Waals surface area contributed by atoms with Crippen LogP contribution in [0.4, 0.5) is 5.69 Å². The molecule has 2 rings (SSSR count). The summed E-state index contributed by atoms with van der Waals surface area (Å²) < 4.78 is 30.9. The van der Waals surface area contributed by atoms with Crippen molar-refractivity contribution in [2.75, 3.05) is 25.9 Å². The molecule has 2 N–H and O–H groups in total. The highest BCUT2D eigenvalue weighted by Gasteiger charge is 2.37. The Labute approximate surface area is 122 Å². The zero-order chi connectivity index (χ0) is 14.9. The molecule has 0 radical (unpaired) electrons. The average molecular weight is 319 g/mol. The molecule has 0 saturated carbocycles. The molecule has 1 aromatic carbocycles. The number of hydrogen-bond acceptors (Lipinski definition) is 5. The number of sulfonamides is 1. The Morgan fingerprint density at radius 1 is 1.50 bits per heavy atom. The number of anilines is 1. The molecule has 1 heterocycles. The van der Waals surface area contributed by atoms with E-state index in [1.54, 1.807) is 6.07 Å². The number of esters is 1. The molecule has 1 aromatic rings. The van der Waals surface area contributed by atoms with Crippen molar-refractivity contribution in [3.63, 3.8) is 0 Å². The van der Waals surface area contributed by atoms with Gasteiger partial charge in [0.15, 0.2) is 0 Å². The fraction of sp³-hybridized carbons (Fsp3) is 0.417. The van der Waals surface area contributed by atoms with E-state index in [9.17, 15) is 13.2 Å². The topological polar surface area (TPSA) is 89.7 Å². The molecule has 0 bridgehead atoms. The van der Waals surface area contributed by atoms with Crippen LogP contribution in [0, 0.1) is 5.92 Å². The molecule has 0 aliphatic carbocycles. The number of carbonyl (C=O) groups excluding carboxylic acids is 1. The van der Waals surface area contributed by atoms with Gasteiger partial charge in [0.2, 0.25) is 10.0 Å². The van der Waals surface area contributed by atoms with Gasteiger partial charge in [-0.1, -0.05) is 17.7 Å². The van der Waals surface area contributed by atoms with E-state index in [1.165, 1.54) is 23.5 Å². The summed E-state index contributed by atoms with van der Waals surface area (Å²) in [5, 5.41) is 0.0755. The molecule has 0 aromatic heterocycles. The molecule has 110 valence electrons. The van der Waals surface area contributed by atoms with Crippen LogP contribution in [0.15, 0.2) is 23.1 Å². The lowest BCUT2D eigenvalue weighted by atomic mass is 10.1. The molecule has 8 heteroatoms. The van der Waals surface area contributed by atoms with E-state index in [2.05, 4.69) is 4.74 Å². The van der Waals surface area contributed by atoms with E-state index < -0.39 is 21.9 Å². The molecule has 0 spiro atoms. The molecule has 1 atom stereocenters. The van der Waals surface area contributed by atoms with Crippen LogP contribution < -0.4 is 5.73 Å². The van der Waals surface area contributed by atoms with Gasteiger partial charge in [-0.25, -0.2) is 8.42 Å². The Morgan fingerprint density at radius 3 is 2.80 bits per heavy atom. The number of halogens is 1. The van der Waals surface area contributed by atoms with E-state index in [4.69, 9.17) is 17.3 Å². The fourth-order valence-corrected chi connectivity index (χ4v) is 4.37. The Hall–Kier alpha value is -1.31. The molecule has 1 aliphatic heterocycles. The highest BCUT2D eigenvalue weighted by Crippen LogP contribution is 2.32. The second-order valence-electron chi connectivity index (χ2n) is 4.53.